The van der Waals surface area contributed by atoms with E-state index in [1.807, 2.05) is 17.7 Å². The Morgan fingerprint density at radius 2 is 2.04 bits per heavy atom. The largest absolute Gasteiger partial charge is 0.302 e. The smallest absolute Gasteiger partial charge is 0.150 e. The van der Waals surface area contributed by atoms with Gasteiger partial charge in [-0.3, -0.25) is 10.00 Å². The third kappa shape index (κ3) is 2.92. The maximum atomic E-state index is 13.3. The Labute approximate surface area is 152 Å². The second-order valence-electron chi connectivity index (χ2n) is 7.48. The zero-order valence-corrected chi connectivity index (χ0v) is 15.3. The van der Waals surface area contributed by atoms with E-state index in [4.69, 9.17) is 0 Å². The fourth-order valence-corrected chi connectivity index (χ4v) is 3.84. The van der Waals surface area contributed by atoms with Crippen LogP contribution in [0.2, 0.25) is 0 Å². The van der Waals surface area contributed by atoms with Crippen molar-refractivity contribution in [3.05, 3.63) is 59.9 Å². The minimum atomic E-state index is -0.238. The first-order valence-electron chi connectivity index (χ1n) is 8.91. The molecule has 3 heterocycles. The van der Waals surface area contributed by atoms with Gasteiger partial charge in [0.15, 0.2) is 0 Å². The van der Waals surface area contributed by atoms with Gasteiger partial charge in [-0.15, -0.1) is 0 Å². The lowest BCUT2D eigenvalue weighted by atomic mass is 9.74. The fraction of sp³-hybridized carbons (Fsp3) is 0.421. The Balaban J connectivity index is 1.62. The highest BCUT2D eigenvalue weighted by Crippen LogP contribution is 2.48. The van der Waals surface area contributed by atoms with Crippen LogP contribution in [-0.2, 0) is 13.0 Å². The second kappa shape index (κ2) is 6.32. The lowest BCUT2D eigenvalue weighted by Gasteiger charge is -2.53. The Hall–Kier alpha value is -2.54. The van der Waals surface area contributed by atoms with E-state index in [1.54, 1.807) is 18.3 Å². The summed E-state index contributed by atoms with van der Waals surface area (Å²) in [7, 11) is 0. The number of H-pyrrole nitrogens is 1. The maximum absolute atomic E-state index is 13.3. The van der Waals surface area contributed by atoms with Gasteiger partial charge in [0, 0.05) is 36.5 Å². The van der Waals surface area contributed by atoms with Gasteiger partial charge in [0.2, 0.25) is 0 Å². The molecule has 0 radical (unpaired) electrons. The van der Waals surface area contributed by atoms with Crippen molar-refractivity contribution in [3.63, 3.8) is 0 Å². The van der Waals surface area contributed by atoms with Crippen LogP contribution in [0.4, 0.5) is 4.39 Å². The Bertz CT molecular complexity index is 895. The van der Waals surface area contributed by atoms with Gasteiger partial charge < -0.3 is 4.57 Å². The van der Waals surface area contributed by atoms with E-state index >= 15 is 0 Å². The topological polar surface area (TPSA) is 62.6 Å². The molecule has 1 saturated heterocycles. The maximum Gasteiger partial charge on any atom is 0.150 e. The average Bonchev–Trinajstić information content (AvgIpc) is 3.24. The zero-order valence-electron chi connectivity index (χ0n) is 15.3. The van der Waals surface area contributed by atoms with E-state index in [0.29, 0.717) is 6.54 Å². The number of aryl methyl sites for hydroxylation is 1. The first-order chi connectivity index (χ1) is 12.5. The third-order valence-corrected chi connectivity index (χ3v) is 4.98. The molecule has 1 N–H and O–H groups in total. The molecule has 0 bridgehead atoms. The molecular formula is C19H23FN6. The number of aromatic nitrogens is 5. The van der Waals surface area contributed by atoms with E-state index in [9.17, 15) is 4.39 Å². The van der Waals surface area contributed by atoms with Crippen molar-refractivity contribution in [2.24, 2.45) is 5.41 Å². The number of aromatic amines is 1. The summed E-state index contributed by atoms with van der Waals surface area (Å²) in [6.07, 6.45) is 4.55. The number of likely N-dealkylation sites (tertiary alicyclic amines) is 1. The zero-order chi connectivity index (χ0) is 18.3. The minimum Gasteiger partial charge on any atom is -0.302 e. The van der Waals surface area contributed by atoms with Crippen molar-refractivity contribution in [3.8, 4) is 5.69 Å². The predicted octanol–water partition coefficient (Wildman–Crippen LogP) is 3.28. The number of nitrogens with one attached hydrogen (secondary N) is 1. The SMILES string of the molecule is CCc1n[nH]c(CN2CC(C)(C)C2c2nccn2-c2ccc(F)cc2)n1. The van der Waals surface area contributed by atoms with Gasteiger partial charge in [-0.2, -0.15) is 5.10 Å². The molecule has 1 aliphatic rings. The fourth-order valence-electron chi connectivity index (χ4n) is 3.84. The van der Waals surface area contributed by atoms with Gasteiger partial charge >= 0.3 is 0 Å². The second-order valence-corrected chi connectivity index (χ2v) is 7.48. The first kappa shape index (κ1) is 16.9. The van der Waals surface area contributed by atoms with Crippen LogP contribution in [0.1, 0.15) is 44.3 Å². The van der Waals surface area contributed by atoms with Crippen LogP contribution in [0.3, 0.4) is 0 Å². The van der Waals surface area contributed by atoms with Crippen molar-refractivity contribution in [1.82, 2.24) is 29.6 Å². The van der Waals surface area contributed by atoms with Crippen LogP contribution in [0.15, 0.2) is 36.7 Å². The molecule has 0 saturated carbocycles. The number of nitrogens with zero attached hydrogens (tertiary/aromatic N) is 5. The van der Waals surface area contributed by atoms with Crippen molar-refractivity contribution in [2.45, 2.75) is 39.8 Å². The van der Waals surface area contributed by atoms with Gasteiger partial charge in [0.05, 0.1) is 12.6 Å². The normalized spacial score (nSPS) is 19.5. The molecule has 7 heteroatoms. The standard InChI is InChI=1S/C19H23FN6/c1-4-15-22-16(24-23-15)11-25-12-19(2,3)17(25)18-21-9-10-26(18)14-7-5-13(20)6-8-14/h5-10,17H,4,11-12H2,1-3H3,(H,22,23,24). The third-order valence-electron chi connectivity index (χ3n) is 4.98. The lowest BCUT2D eigenvalue weighted by molar-refractivity contribution is -0.0658. The summed E-state index contributed by atoms with van der Waals surface area (Å²) in [4.78, 5) is 11.5. The molecule has 0 aliphatic carbocycles. The number of hydrogen-bond donors (Lipinski definition) is 1. The van der Waals surface area contributed by atoms with E-state index in [0.717, 1.165) is 36.1 Å². The van der Waals surface area contributed by atoms with Crippen LogP contribution in [-0.4, -0.2) is 36.2 Å². The molecular weight excluding hydrogens is 331 g/mol. The minimum absolute atomic E-state index is 0.0940. The van der Waals surface area contributed by atoms with Crippen LogP contribution in [0.25, 0.3) is 5.69 Å². The van der Waals surface area contributed by atoms with Gasteiger partial charge in [-0.25, -0.2) is 14.4 Å². The molecule has 0 amide bonds. The van der Waals surface area contributed by atoms with E-state index in [2.05, 4.69) is 38.9 Å². The molecule has 26 heavy (non-hydrogen) atoms. The summed E-state index contributed by atoms with van der Waals surface area (Å²) in [5.41, 5.74) is 1.01. The summed E-state index contributed by atoms with van der Waals surface area (Å²) < 4.78 is 15.3. The molecule has 1 atom stereocenters. The Morgan fingerprint density at radius 3 is 2.69 bits per heavy atom. The first-order valence-corrected chi connectivity index (χ1v) is 8.91. The molecule has 0 spiro atoms. The van der Waals surface area contributed by atoms with E-state index in [1.165, 1.54) is 12.1 Å². The number of benzene rings is 1. The Kier molecular flexibility index (Phi) is 4.11. The monoisotopic (exact) mass is 354 g/mol. The summed E-state index contributed by atoms with van der Waals surface area (Å²) in [5, 5.41) is 7.25. The van der Waals surface area contributed by atoms with Gasteiger partial charge in [-0.05, 0) is 24.3 Å². The van der Waals surface area contributed by atoms with Crippen LogP contribution < -0.4 is 0 Å². The molecule has 1 unspecified atom stereocenters. The van der Waals surface area contributed by atoms with Gasteiger partial charge in [-0.1, -0.05) is 20.8 Å². The highest BCUT2D eigenvalue weighted by Gasteiger charge is 2.48. The number of rotatable bonds is 5. The molecule has 1 fully saturated rings. The highest BCUT2D eigenvalue weighted by atomic mass is 19.1. The number of halogens is 1. The average molecular weight is 354 g/mol. The quantitative estimate of drug-likeness (QED) is 0.764. The van der Waals surface area contributed by atoms with Crippen molar-refractivity contribution in [2.75, 3.05) is 6.54 Å². The summed E-state index contributed by atoms with van der Waals surface area (Å²) in [6, 6.07) is 6.66. The van der Waals surface area contributed by atoms with E-state index < -0.39 is 0 Å². The van der Waals surface area contributed by atoms with Crippen molar-refractivity contribution >= 4 is 0 Å². The lowest BCUT2D eigenvalue weighted by Crippen LogP contribution is -2.55. The van der Waals surface area contributed by atoms with Crippen LogP contribution in [0.5, 0.6) is 0 Å². The van der Waals surface area contributed by atoms with Gasteiger partial charge in [0.1, 0.15) is 23.3 Å². The molecule has 1 aromatic carbocycles. The van der Waals surface area contributed by atoms with Crippen molar-refractivity contribution in [1.29, 1.82) is 0 Å². The Morgan fingerprint density at radius 1 is 1.27 bits per heavy atom. The summed E-state index contributed by atoms with van der Waals surface area (Å²) in [5.74, 6) is 2.44. The molecule has 2 aromatic heterocycles. The van der Waals surface area contributed by atoms with Crippen LogP contribution >= 0.6 is 0 Å². The number of imidazole rings is 1. The van der Waals surface area contributed by atoms with Gasteiger partial charge in [0.25, 0.3) is 0 Å². The molecule has 136 valence electrons. The molecule has 4 rings (SSSR count). The molecule has 1 aliphatic heterocycles. The number of hydrogen-bond acceptors (Lipinski definition) is 4. The van der Waals surface area contributed by atoms with Crippen LogP contribution in [0, 0.1) is 11.2 Å². The van der Waals surface area contributed by atoms with E-state index in [-0.39, 0.29) is 17.3 Å². The predicted molar refractivity (Wildman–Crippen MR) is 96.2 cm³/mol. The highest BCUT2D eigenvalue weighted by molar-refractivity contribution is 5.34. The molecule has 6 nitrogen and oxygen atoms in total. The van der Waals surface area contributed by atoms with Crippen molar-refractivity contribution < 1.29 is 4.39 Å². The molecule has 3 aromatic rings. The summed E-state index contributed by atoms with van der Waals surface area (Å²) in [6.45, 7) is 8.20. The summed E-state index contributed by atoms with van der Waals surface area (Å²) >= 11 is 0.